The summed E-state index contributed by atoms with van der Waals surface area (Å²) in [5.41, 5.74) is 2.61. The van der Waals surface area contributed by atoms with Crippen LogP contribution in [0.3, 0.4) is 0 Å². The molecule has 4 aliphatic rings. The monoisotopic (exact) mass is 519 g/mol. The minimum absolute atomic E-state index is 0.0208. The second-order valence-corrected chi connectivity index (χ2v) is 11.7. The molecule has 3 amide bonds. The van der Waals surface area contributed by atoms with Crippen molar-refractivity contribution in [2.75, 3.05) is 24.5 Å². The topological polar surface area (TPSA) is 85.9 Å². The number of ether oxygens (including phenoxy) is 1. The molecule has 0 aromatic heterocycles. The number of hydrogen-bond donors (Lipinski definition) is 3. The zero-order valence-electron chi connectivity index (χ0n) is 21.4. The van der Waals surface area contributed by atoms with Gasteiger partial charge in [0, 0.05) is 36.4 Å². The summed E-state index contributed by atoms with van der Waals surface area (Å²) < 4.78 is 6.00. The quantitative estimate of drug-likeness (QED) is 0.539. The first-order chi connectivity index (χ1) is 17.9. The molecular formula is C28H33N5O3S. The molecule has 3 saturated heterocycles. The van der Waals surface area contributed by atoms with E-state index in [0.29, 0.717) is 10.9 Å². The lowest BCUT2D eigenvalue weighted by Crippen LogP contribution is -2.62. The third-order valence-electron chi connectivity index (χ3n) is 7.73. The lowest BCUT2D eigenvalue weighted by molar-refractivity contribution is -0.118. The van der Waals surface area contributed by atoms with Crippen molar-refractivity contribution in [2.24, 2.45) is 5.92 Å². The Kier molecular flexibility index (Phi) is 6.38. The predicted molar refractivity (Wildman–Crippen MR) is 146 cm³/mol. The van der Waals surface area contributed by atoms with Gasteiger partial charge >= 0.3 is 6.03 Å². The summed E-state index contributed by atoms with van der Waals surface area (Å²) in [6.45, 7) is 8.88. The van der Waals surface area contributed by atoms with Crippen LogP contribution < -0.4 is 25.6 Å². The van der Waals surface area contributed by atoms with Gasteiger partial charge in [-0.1, -0.05) is 30.0 Å². The number of benzene rings is 2. The van der Waals surface area contributed by atoms with Crippen molar-refractivity contribution in [2.45, 2.75) is 50.7 Å². The van der Waals surface area contributed by atoms with Gasteiger partial charge in [0.25, 0.3) is 5.91 Å². The molecular weight excluding hydrogens is 486 g/mol. The van der Waals surface area contributed by atoms with Crippen LogP contribution in [-0.2, 0) is 4.79 Å². The maximum absolute atomic E-state index is 13.5. The number of amides is 3. The van der Waals surface area contributed by atoms with Gasteiger partial charge in [0.2, 0.25) is 0 Å². The average molecular weight is 520 g/mol. The van der Waals surface area contributed by atoms with E-state index in [1.165, 1.54) is 0 Å². The van der Waals surface area contributed by atoms with Crippen LogP contribution in [0, 0.1) is 12.8 Å². The number of anilines is 1. The highest BCUT2D eigenvalue weighted by Crippen LogP contribution is 2.48. The Morgan fingerprint density at radius 3 is 2.65 bits per heavy atom. The maximum Gasteiger partial charge on any atom is 0.326 e. The Hall–Kier alpha value is -3.01. The van der Waals surface area contributed by atoms with Crippen LogP contribution >= 0.6 is 11.8 Å². The molecule has 0 radical (unpaired) electrons. The van der Waals surface area contributed by atoms with Crippen LogP contribution in [0.25, 0.3) is 0 Å². The lowest BCUT2D eigenvalue weighted by atomic mass is 9.86. The number of nitrogens with zero attached hydrogens (tertiary/aromatic N) is 2. The van der Waals surface area contributed by atoms with Crippen LogP contribution in [-0.4, -0.2) is 60.0 Å². The zero-order chi connectivity index (χ0) is 25.7. The Morgan fingerprint density at radius 1 is 1.14 bits per heavy atom. The molecule has 37 heavy (non-hydrogen) atoms. The van der Waals surface area contributed by atoms with Crippen LogP contribution in [0.4, 0.5) is 10.5 Å². The van der Waals surface area contributed by atoms with Crippen molar-refractivity contribution in [3.05, 3.63) is 64.7 Å². The van der Waals surface area contributed by atoms with E-state index in [-0.39, 0.29) is 35.3 Å². The number of urea groups is 1. The highest BCUT2D eigenvalue weighted by molar-refractivity contribution is 8.04. The maximum atomic E-state index is 13.5. The Morgan fingerprint density at radius 2 is 1.92 bits per heavy atom. The van der Waals surface area contributed by atoms with Gasteiger partial charge in [-0.2, -0.15) is 0 Å². The van der Waals surface area contributed by atoms with E-state index < -0.39 is 0 Å². The van der Waals surface area contributed by atoms with Gasteiger partial charge in [0.1, 0.15) is 11.5 Å². The number of nitrogens with one attached hydrogen (secondary N) is 3. The molecule has 2 aromatic carbocycles. The van der Waals surface area contributed by atoms with Gasteiger partial charge in [-0.3, -0.25) is 14.6 Å². The number of rotatable bonds is 6. The van der Waals surface area contributed by atoms with Gasteiger partial charge in [-0.15, -0.1) is 0 Å². The van der Waals surface area contributed by atoms with Gasteiger partial charge in [-0.25, -0.2) is 4.79 Å². The van der Waals surface area contributed by atoms with Gasteiger partial charge < -0.3 is 20.7 Å². The predicted octanol–water partition coefficient (Wildman–Crippen LogP) is 3.79. The minimum Gasteiger partial charge on any atom is -0.457 e. The van der Waals surface area contributed by atoms with E-state index in [1.54, 1.807) is 11.8 Å². The molecule has 0 aliphatic carbocycles. The fraction of sp³-hybridized carbons (Fsp3) is 0.429. The molecule has 3 unspecified atom stereocenters. The first-order valence-corrected chi connectivity index (χ1v) is 13.9. The van der Waals surface area contributed by atoms with E-state index in [4.69, 9.17) is 4.74 Å². The standard InChI is InChI=1S/C28H33N5O3S/c1-16(2)32-14-18(15-32)30-26(34)25-24-23-22(11-12-29-27(23)37-25)33(28(35)31-24)21-10-9-20(13-17(21)3)36-19-7-5-4-6-8-19/h4-10,13,16,18,22-23,27,29H,11-12,14-15H2,1-3H3,(H,30,34)(H,31,35). The van der Waals surface area contributed by atoms with Crippen molar-refractivity contribution >= 4 is 29.4 Å². The van der Waals surface area contributed by atoms with Crippen molar-refractivity contribution in [3.8, 4) is 11.5 Å². The first-order valence-electron chi connectivity index (χ1n) is 13.0. The van der Waals surface area contributed by atoms with Crippen LogP contribution in [0.2, 0.25) is 0 Å². The molecule has 4 aliphatic heterocycles. The third kappa shape index (κ3) is 4.49. The third-order valence-corrected chi connectivity index (χ3v) is 9.08. The molecule has 194 valence electrons. The SMILES string of the molecule is Cc1cc(Oc2ccccc2)ccc1N1C(=O)NC2=C(C(=O)NC3CN(C(C)C)C3)SC3NCCC1C23. The fourth-order valence-electron chi connectivity index (χ4n) is 5.76. The Balaban J connectivity index is 1.22. The van der Waals surface area contributed by atoms with Crippen molar-refractivity contribution < 1.29 is 14.3 Å². The summed E-state index contributed by atoms with van der Waals surface area (Å²) in [6, 6.07) is 16.0. The van der Waals surface area contributed by atoms with Crippen LogP contribution in [0.15, 0.2) is 59.1 Å². The van der Waals surface area contributed by atoms with Crippen LogP contribution in [0.5, 0.6) is 11.5 Å². The van der Waals surface area contributed by atoms with Crippen LogP contribution in [0.1, 0.15) is 25.8 Å². The van der Waals surface area contributed by atoms with E-state index in [0.717, 1.165) is 54.5 Å². The second-order valence-electron chi connectivity index (χ2n) is 10.5. The molecule has 3 atom stereocenters. The summed E-state index contributed by atoms with van der Waals surface area (Å²) >= 11 is 1.55. The highest BCUT2D eigenvalue weighted by atomic mass is 32.2. The van der Waals surface area contributed by atoms with E-state index in [1.807, 2.05) is 60.4 Å². The fourth-order valence-corrected chi connectivity index (χ4v) is 7.16. The molecule has 6 rings (SSSR count). The molecule has 0 spiro atoms. The van der Waals surface area contributed by atoms with Crippen molar-refractivity contribution in [1.82, 2.24) is 20.9 Å². The van der Waals surface area contributed by atoms with Crippen molar-refractivity contribution in [3.63, 3.8) is 0 Å². The number of thioether (sulfide) groups is 1. The number of aryl methyl sites for hydroxylation is 1. The zero-order valence-corrected chi connectivity index (χ0v) is 22.2. The van der Waals surface area contributed by atoms with Gasteiger partial charge in [0.05, 0.1) is 22.4 Å². The number of likely N-dealkylation sites (tertiary alicyclic amines) is 1. The number of carbonyl (C=O) groups excluding carboxylic acids is 2. The summed E-state index contributed by atoms with van der Waals surface area (Å²) in [7, 11) is 0. The summed E-state index contributed by atoms with van der Waals surface area (Å²) in [6.07, 6.45) is 0.821. The Bertz CT molecular complexity index is 1240. The highest BCUT2D eigenvalue weighted by Gasteiger charge is 2.52. The molecule has 0 saturated carbocycles. The molecule has 3 N–H and O–H groups in total. The molecule has 8 nitrogen and oxygen atoms in total. The second kappa shape index (κ2) is 9.70. The van der Waals surface area contributed by atoms with E-state index in [9.17, 15) is 9.59 Å². The molecule has 2 aromatic rings. The van der Waals surface area contributed by atoms with Gasteiger partial charge in [-0.05, 0) is 69.6 Å². The number of carbonyl (C=O) groups is 2. The molecule has 0 bridgehead atoms. The largest absolute Gasteiger partial charge is 0.457 e. The van der Waals surface area contributed by atoms with Gasteiger partial charge in [0.15, 0.2) is 0 Å². The Labute approximate surface area is 221 Å². The summed E-state index contributed by atoms with van der Waals surface area (Å²) in [5.74, 6) is 1.46. The smallest absolute Gasteiger partial charge is 0.326 e. The van der Waals surface area contributed by atoms with Crippen molar-refractivity contribution in [1.29, 1.82) is 0 Å². The number of para-hydroxylation sites is 1. The molecule has 3 fully saturated rings. The normalized spacial score (nSPS) is 25.6. The lowest BCUT2D eigenvalue weighted by Gasteiger charge is -2.46. The summed E-state index contributed by atoms with van der Waals surface area (Å²) in [5, 5.41) is 9.92. The van der Waals surface area contributed by atoms with E-state index >= 15 is 0 Å². The average Bonchev–Trinajstić information content (AvgIpc) is 3.22. The molecule has 4 heterocycles. The molecule has 9 heteroatoms. The van der Waals surface area contributed by atoms with E-state index in [2.05, 4.69) is 34.7 Å². The first kappa shape index (κ1) is 24.3. The number of hydrogen-bond acceptors (Lipinski definition) is 6. The minimum atomic E-state index is -0.181. The summed E-state index contributed by atoms with van der Waals surface area (Å²) in [4.78, 5) is 31.6. The number of piperidine rings is 1.